The molecule has 0 unspecified atom stereocenters. The van der Waals surface area contributed by atoms with Crippen molar-refractivity contribution in [3.05, 3.63) is 71.6 Å². The Bertz CT molecular complexity index is 1090. The number of pyridine rings is 1. The number of benzene rings is 1. The van der Waals surface area contributed by atoms with Crippen LogP contribution in [0, 0.1) is 11.6 Å². The smallest absolute Gasteiger partial charge is 0.251 e. The standard InChI is InChI=1S/C23H24F3N5O/c1-14(24)12-23(2,21-18(26)5-4-10-28-21)13-29-20-9-8-19(30-31-20)16-11-15(22(32)27-3)6-7-17(16)25/h4-11,14H,12-13H2,1-3H3,(H,27,32)(H,29,31)/t14-,23-/m0/s1. The van der Waals surface area contributed by atoms with Gasteiger partial charge in [0.1, 0.15) is 17.5 Å². The second kappa shape index (κ2) is 9.76. The molecule has 0 radical (unpaired) electrons. The number of nitrogens with one attached hydrogen (secondary N) is 2. The lowest BCUT2D eigenvalue weighted by atomic mass is 9.81. The monoisotopic (exact) mass is 443 g/mol. The van der Waals surface area contributed by atoms with Crippen LogP contribution in [0.3, 0.4) is 0 Å². The van der Waals surface area contributed by atoms with E-state index >= 15 is 0 Å². The number of rotatable bonds is 8. The highest BCUT2D eigenvalue weighted by atomic mass is 19.1. The summed E-state index contributed by atoms with van der Waals surface area (Å²) in [6, 6.07) is 9.88. The average Bonchev–Trinajstić information content (AvgIpc) is 2.78. The van der Waals surface area contributed by atoms with Crippen LogP contribution in [-0.4, -0.2) is 40.9 Å². The molecule has 168 valence electrons. The van der Waals surface area contributed by atoms with E-state index in [1.165, 1.54) is 50.5 Å². The first kappa shape index (κ1) is 23.2. The first-order valence-corrected chi connectivity index (χ1v) is 10.1. The van der Waals surface area contributed by atoms with Gasteiger partial charge in [0.05, 0.1) is 17.6 Å². The van der Waals surface area contributed by atoms with Crippen molar-refractivity contribution in [2.45, 2.75) is 31.9 Å². The Morgan fingerprint density at radius 3 is 2.53 bits per heavy atom. The number of hydrogen-bond donors (Lipinski definition) is 2. The van der Waals surface area contributed by atoms with Crippen LogP contribution in [0.1, 0.15) is 36.3 Å². The van der Waals surface area contributed by atoms with E-state index in [0.717, 1.165) is 0 Å². The van der Waals surface area contributed by atoms with E-state index in [2.05, 4.69) is 25.8 Å². The molecule has 0 aliphatic rings. The van der Waals surface area contributed by atoms with E-state index in [1.807, 2.05) is 0 Å². The van der Waals surface area contributed by atoms with Crippen LogP contribution in [0.15, 0.2) is 48.7 Å². The van der Waals surface area contributed by atoms with Crippen molar-refractivity contribution >= 4 is 11.7 Å². The maximum Gasteiger partial charge on any atom is 0.251 e. The van der Waals surface area contributed by atoms with Gasteiger partial charge in [-0.25, -0.2) is 13.2 Å². The van der Waals surface area contributed by atoms with Gasteiger partial charge in [-0.3, -0.25) is 9.78 Å². The number of anilines is 1. The quantitative estimate of drug-likeness (QED) is 0.543. The number of alkyl halides is 1. The summed E-state index contributed by atoms with van der Waals surface area (Å²) < 4.78 is 42.5. The average molecular weight is 443 g/mol. The van der Waals surface area contributed by atoms with Gasteiger partial charge >= 0.3 is 0 Å². The van der Waals surface area contributed by atoms with Crippen molar-refractivity contribution in [1.29, 1.82) is 0 Å². The highest BCUT2D eigenvalue weighted by Crippen LogP contribution is 2.31. The summed E-state index contributed by atoms with van der Waals surface area (Å²) in [6.07, 6.45) is 0.347. The molecule has 9 heteroatoms. The third-order valence-electron chi connectivity index (χ3n) is 5.12. The molecule has 32 heavy (non-hydrogen) atoms. The van der Waals surface area contributed by atoms with E-state index < -0.39 is 23.2 Å². The molecule has 0 saturated heterocycles. The molecule has 1 amide bonds. The minimum atomic E-state index is -1.17. The molecule has 2 heterocycles. The first-order valence-electron chi connectivity index (χ1n) is 10.1. The van der Waals surface area contributed by atoms with Crippen molar-refractivity contribution in [3.8, 4) is 11.3 Å². The van der Waals surface area contributed by atoms with Gasteiger partial charge in [0, 0.05) is 36.3 Å². The van der Waals surface area contributed by atoms with Crippen LogP contribution < -0.4 is 10.6 Å². The van der Waals surface area contributed by atoms with Crippen LogP contribution in [0.5, 0.6) is 0 Å². The molecule has 2 atom stereocenters. The Balaban J connectivity index is 1.81. The molecule has 0 bridgehead atoms. The van der Waals surface area contributed by atoms with Gasteiger partial charge in [-0.1, -0.05) is 6.92 Å². The molecular weight excluding hydrogens is 419 g/mol. The number of carbonyl (C=O) groups is 1. The van der Waals surface area contributed by atoms with E-state index in [1.54, 1.807) is 19.1 Å². The summed E-state index contributed by atoms with van der Waals surface area (Å²) in [6.45, 7) is 3.29. The minimum Gasteiger partial charge on any atom is -0.368 e. The summed E-state index contributed by atoms with van der Waals surface area (Å²) in [4.78, 5) is 15.9. The van der Waals surface area contributed by atoms with Crippen LogP contribution in [-0.2, 0) is 5.41 Å². The SMILES string of the molecule is CNC(=O)c1ccc(F)c(-c2ccc(NC[C@](C)(C[C@H](C)F)c3ncccc3F)nn2)c1. The number of carbonyl (C=O) groups excluding carboxylic acids is 1. The van der Waals surface area contributed by atoms with Gasteiger partial charge in [-0.2, -0.15) is 0 Å². The first-order chi connectivity index (χ1) is 15.2. The summed E-state index contributed by atoms with van der Waals surface area (Å²) in [5.74, 6) is -1.04. The zero-order valence-electron chi connectivity index (χ0n) is 18.0. The number of nitrogens with zero attached hydrogens (tertiary/aromatic N) is 3. The third kappa shape index (κ3) is 5.22. The number of hydrogen-bond acceptors (Lipinski definition) is 5. The Hall–Kier alpha value is -3.49. The lowest BCUT2D eigenvalue weighted by Gasteiger charge is -2.30. The molecule has 3 aromatic rings. The summed E-state index contributed by atoms with van der Waals surface area (Å²) in [7, 11) is 1.49. The fourth-order valence-corrected chi connectivity index (χ4v) is 3.57. The fraction of sp³-hybridized carbons (Fsp3) is 0.304. The molecule has 0 aliphatic carbocycles. The van der Waals surface area contributed by atoms with Gasteiger partial charge in [-0.05, 0) is 55.8 Å². The Morgan fingerprint density at radius 1 is 1.12 bits per heavy atom. The highest BCUT2D eigenvalue weighted by molar-refractivity contribution is 5.95. The fourth-order valence-electron chi connectivity index (χ4n) is 3.57. The molecule has 1 aromatic carbocycles. The molecule has 6 nitrogen and oxygen atoms in total. The lowest BCUT2D eigenvalue weighted by Crippen LogP contribution is -2.35. The van der Waals surface area contributed by atoms with Crippen LogP contribution in [0.4, 0.5) is 19.0 Å². The lowest BCUT2D eigenvalue weighted by molar-refractivity contribution is 0.0963. The van der Waals surface area contributed by atoms with E-state index in [4.69, 9.17) is 0 Å². The predicted molar refractivity (Wildman–Crippen MR) is 116 cm³/mol. The highest BCUT2D eigenvalue weighted by Gasteiger charge is 2.33. The molecule has 0 spiro atoms. The zero-order chi connectivity index (χ0) is 23.3. The Kier molecular flexibility index (Phi) is 7.07. The van der Waals surface area contributed by atoms with Crippen LogP contribution in [0.2, 0.25) is 0 Å². The number of aromatic nitrogens is 3. The molecule has 2 N–H and O–H groups in total. The Morgan fingerprint density at radius 2 is 1.91 bits per heavy atom. The zero-order valence-corrected chi connectivity index (χ0v) is 18.0. The maximum atomic E-state index is 14.3. The van der Waals surface area contributed by atoms with Crippen molar-refractivity contribution < 1.29 is 18.0 Å². The summed E-state index contributed by atoms with van der Waals surface area (Å²) in [5.41, 5.74) is -0.101. The van der Waals surface area contributed by atoms with Crippen molar-refractivity contribution in [2.24, 2.45) is 0 Å². The van der Waals surface area contributed by atoms with Gasteiger partial charge < -0.3 is 10.6 Å². The van der Waals surface area contributed by atoms with E-state index in [9.17, 15) is 18.0 Å². The predicted octanol–water partition coefficient (Wildman–Crippen LogP) is 4.29. The molecular formula is C23H24F3N5O. The van der Waals surface area contributed by atoms with Crippen molar-refractivity contribution in [3.63, 3.8) is 0 Å². The Labute approximate surface area is 184 Å². The minimum absolute atomic E-state index is 0.0525. The normalized spacial score (nSPS) is 13.8. The molecule has 0 fully saturated rings. The molecule has 3 rings (SSSR count). The van der Waals surface area contributed by atoms with Gasteiger partial charge in [0.25, 0.3) is 5.91 Å². The van der Waals surface area contributed by atoms with Gasteiger partial charge in [0.15, 0.2) is 0 Å². The summed E-state index contributed by atoms with van der Waals surface area (Å²) >= 11 is 0. The second-order valence-corrected chi connectivity index (χ2v) is 7.81. The topological polar surface area (TPSA) is 79.8 Å². The van der Waals surface area contributed by atoms with Crippen LogP contribution in [0.25, 0.3) is 11.3 Å². The van der Waals surface area contributed by atoms with E-state index in [-0.39, 0.29) is 35.8 Å². The largest absolute Gasteiger partial charge is 0.368 e. The van der Waals surface area contributed by atoms with E-state index in [0.29, 0.717) is 11.4 Å². The van der Waals surface area contributed by atoms with Crippen LogP contribution >= 0.6 is 0 Å². The number of halogens is 3. The third-order valence-corrected chi connectivity index (χ3v) is 5.12. The second-order valence-electron chi connectivity index (χ2n) is 7.81. The molecule has 0 aliphatic heterocycles. The maximum absolute atomic E-state index is 14.3. The van der Waals surface area contributed by atoms with Crippen molar-refractivity contribution in [1.82, 2.24) is 20.5 Å². The molecule has 0 saturated carbocycles. The van der Waals surface area contributed by atoms with Gasteiger partial charge in [-0.15, -0.1) is 10.2 Å². The number of amides is 1. The van der Waals surface area contributed by atoms with Gasteiger partial charge in [0.2, 0.25) is 0 Å². The molecule has 2 aromatic heterocycles. The van der Waals surface area contributed by atoms with Crippen molar-refractivity contribution in [2.75, 3.05) is 18.9 Å². The summed E-state index contributed by atoms with van der Waals surface area (Å²) in [5, 5.41) is 13.6.